The predicted octanol–water partition coefficient (Wildman–Crippen LogP) is 3.06. The average Bonchev–Trinajstić information content (AvgIpc) is 2.08. The third-order valence-electron chi connectivity index (χ3n) is 2.46. The average molecular weight is 217 g/mol. The smallest absolute Gasteiger partial charge is 0.140 e. The highest BCUT2D eigenvalue weighted by Gasteiger charge is 2.33. The number of carbonyl (C=O) groups excluding carboxylic acids is 1. The third-order valence-corrected chi connectivity index (χ3v) is 2.77. The van der Waals surface area contributed by atoms with Crippen LogP contribution in [0.1, 0.15) is 24.3 Å². The monoisotopic (exact) mass is 216 g/mol. The van der Waals surface area contributed by atoms with Gasteiger partial charge in [-0.2, -0.15) is 0 Å². The molecule has 0 radical (unpaired) electrons. The Bertz CT molecular complexity index is 380. The highest BCUT2D eigenvalue weighted by atomic mass is 35.5. The lowest BCUT2D eigenvalue weighted by Gasteiger charge is -2.25. The molecule has 14 heavy (non-hydrogen) atoms. The fraction of sp³-hybridized carbons (Fsp3) is 0.300. The first kappa shape index (κ1) is 9.59. The molecule has 1 atom stereocenters. The zero-order valence-electron chi connectivity index (χ0n) is 7.19. The molecular formula is C10H7ClF2O. The zero-order valence-corrected chi connectivity index (χ0v) is 7.94. The van der Waals surface area contributed by atoms with Crippen LogP contribution in [0.3, 0.4) is 0 Å². The topological polar surface area (TPSA) is 17.1 Å². The minimum Gasteiger partial charge on any atom is -0.299 e. The van der Waals surface area contributed by atoms with Gasteiger partial charge in [0.2, 0.25) is 0 Å². The summed E-state index contributed by atoms with van der Waals surface area (Å²) < 4.78 is 26.0. The summed E-state index contributed by atoms with van der Waals surface area (Å²) in [5.74, 6) is -1.95. The van der Waals surface area contributed by atoms with Gasteiger partial charge in [-0.25, -0.2) is 8.78 Å². The molecule has 0 heterocycles. The number of hydrogen-bond donors (Lipinski definition) is 0. The first-order valence-electron chi connectivity index (χ1n) is 4.26. The fourth-order valence-corrected chi connectivity index (χ4v) is 1.92. The van der Waals surface area contributed by atoms with E-state index in [2.05, 4.69) is 0 Å². The number of halogens is 3. The van der Waals surface area contributed by atoms with Crippen LogP contribution in [0.25, 0.3) is 0 Å². The second-order valence-electron chi connectivity index (χ2n) is 3.34. The normalized spacial score (nSPS) is 20.8. The molecule has 0 aliphatic heterocycles. The number of ketones is 1. The van der Waals surface area contributed by atoms with Crippen molar-refractivity contribution in [3.05, 3.63) is 34.4 Å². The second kappa shape index (κ2) is 3.31. The van der Waals surface area contributed by atoms with Crippen molar-refractivity contribution < 1.29 is 13.6 Å². The third kappa shape index (κ3) is 1.42. The zero-order chi connectivity index (χ0) is 10.3. The van der Waals surface area contributed by atoms with Gasteiger partial charge in [0, 0.05) is 24.0 Å². The lowest BCUT2D eigenvalue weighted by atomic mass is 9.78. The number of hydrogen-bond acceptors (Lipinski definition) is 1. The van der Waals surface area contributed by atoms with E-state index >= 15 is 0 Å². The summed E-state index contributed by atoms with van der Waals surface area (Å²) in [6.45, 7) is 0. The maximum atomic E-state index is 13.3. The summed E-state index contributed by atoms with van der Waals surface area (Å²) in [4.78, 5) is 11.1. The molecule has 1 aromatic rings. The first-order chi connectivity index (χ1) is 6.59. The van der Waals surface area contributed by atoms with E-state index in [1.54, 1.807) is 0 Å². The summed E-state index contributed by atoms with van der Waals surface area (Å²) in [5, 5.41) is 0.000509. The molecule has 1 nitrogen and oxygen atoms in total. The highest BCUT2D eigenvalue weighted by molar-refractivity contribution is 6.31. The number of rotatable bonds is 1. The van der Waals surface area contributed by atoms with Crippen LogP contribution in [-0.4, -0.2) is 5.78 Å². The summed E-state index contributed by atoms with van der Waals surface area (Å²) in [7, 11) is 0. The molecule has 74 valence electrons. The summed E-state index contributed by atoms with van der Waals surface area (Å²) >= 11 is 5.68. The standard InChI is InChI=1S/C10H7ClF2O/c11-7-3-5(12)4-8(13)10(7)6-1-2-9(6)14/h3-4,6H,1-2H2. The van der Waals surface area contributed by atoms with Crippen LogP contribution in [0.5, 0.6) is 0 Å². The van der Waals surface area contributed by atoms with Crippen LogP contribution in [0.15, 0.2) is 12.1 Å². The molecular weight excluding hydrogens is 210 g/mol. The number of benzene rings is 1. The van der Waals surface area contributed by atoms with E-state index in [-0.39, 0.29) is 16.4 Å². The summed E-state index contributed by atoms with van der Waals surface area (Å²) in [5.41, 5.74) is 0.143. The molecule has 0 saturated heterocycles. The van der Waals surface area contributed by atoms with Gasteiger partial charge in [0.05, 0.1) is 5.02 Å². The number of carbonyl (C=O) groups is 1. The first-order valence-corrected chi connectivity index (χ1v) is 4.64. The van der Waals surface area contributed by atoms with E-state index in [0.29, 0.717) is 12.8 Å². The minimum absolute atomic E-state index is 0.000509. The van der Waals surface area contributed by atoms with Crippen molar-refractivity contribution in [2.45, 2.75) is 18.8 Å². The molecule has 1 aliphatic rings. The van der Waals surface area contributed by atoms with Gasteiger partial charge in [-0.15, -0.1) is 0 Å². The maximum Gasteiger partial charge on any atom is 0.140 e. The Morgan fingerprint density at radius 1 is 1.36 bits per heavy atom. The van der Waals surface area contributed by atoms with Crippen molar-refractivity contribution in [1.82, 2.24) is 0 Å². The number of Topliss-reactive ketones (excluding diaryl/α,β-unsaturated/α-hetero) is 1. The van der Waals surface area contributed by atoms with E-state index in [1.807, 2.05) is 0 Å². The Balaban J connectivity index is 2.47. The molecule has 0 aromatic heterocycles. The van der Waals surface area contributed by atoms with Crippen molar-refractivity contribution in [2.24, 2.45) is 0 Å². The van der Waals surface area contributed by atoms with Crippen LogP contribution < -0.4 is 0 Å². The van der Waals surface area contributed by atoms with Crippen molar-refractivity contribution >= 4 is 17.4 Å². The van der Waals surface area contributed by atoms with Gasteiger partial charge in [0.1, 0.15) is 17.4 Å². The second-order valence-corrected chi connectivity index (χ2v) is 3.75. The lowest BCUT2D eigenvalue weighted by molar-refractivity contribution is -0.125. The van der Waals surface area contributed by atoms with Gasteiger partial charge in [0.25, 0.3) is 0 Å². The van der Waals surface area contributed by atoms with Crippen LogP contribution in [0.2, 0.25) is 5.02 Å². The quantitative estimate of drug-likeness (QED) is 0.705. The molecule has 1 aliphatic carbocycles. The van der Waals surface area contributed by atoms with E-state index < -0.39 is 17.6 Å². The van der Waals surface area contributed by atoms with Crippen LogP contribution >= 0.6 is 11.6 Å². The Morgan fingerprint density at radius 3 is 2.50 bits per heavy atom. The SMILES string of the molecule is O=C1CCC1c1c(F)cc(F)cc1Cl. The van der Waals surface area contributed by atoms with Crippen LogP contribution in [0, 0.1) is 11.6 Å². The van der Waals surface area contributed by atoms with Crippen molar-refractivity contribution in [3.63, 3.8) is 0 Å². The maximum absolute atomic E-state index is 13.3. The van der Waals surface area contributed by atoms with E-state index in [1.165, 1.54) is 0 Å². The predicted molar refractivity (Wildman–Crippen MR) is 48.4 cm³/mol. The Kier molecular flexibility index (Phi) is 2.27. The molecule has 1 saturated carbocycles. The highest BCUT2D eigenvalue weighted by Crippen LogP contribution is 2.38. The molecule has 0 spiro atoms. The van der Waals surface area contributed by atoms with Crippen molar-refractivity contribution in [3.8, 4) is 0 Å². The Morgan fingerprint density at radius 2 is 2.07 bits per heavy atom. The lowest BCUT2D eigenvalue weighted by Crippen LogP contribution is -2.24. The molecule has 1 aromatic carbocycles. The van der Waals surface area contributed by atoms with Gasteiger partial charge in [0.15, 0.2) is 0 Å². The van der Waals surface area contributed by atoms with Gasteiger partial charge in [-0.3, -0.25) is 4.79 Å². The van der Waals surface area contributed by atoms with Gasteiger partial charge >= 0.3 is 0 Å². The van der Waals surface area contributed by atoms with Crippen molar-refractivity contribution in [1.29, 1.82) is 0 Å². The van der Waals surface area contributed by atoms with Gasteiger partial charge < -0.3 is 0 Å². The van der Waals surface area contributed by atoms with Crippen LogP contribution in [0.4, 0.5) is 8.78 Å². The van der Waals surface area contributed by atoms with Crippen LogP contribution in [-0.2, 0) is 4.79 Å². The fourth-order valence-electron chi connectivity index (χ4n) is 1.60. The van der Waals surface area contributed by atoms with E-state index in [4.69, 9.17) is 11.6 Å². The Hall–Kier alpha value is -0.960. The van der Waals surface area contributed by atoms with Crippen molar-refractivity contribution in [2.75, 3.05) is 0 Å². The van der Waals surface area contributed by atoms with Gasteiger partial charge in [-0.1, -0.05) is 11.6 Å². The molecule has 0 N–H and O–H groups in total. The van der Waals surface area contributed by atoms with Gasteiger partial charge in [-0.05, 0) is 12.5 Å². The molecule has 4 heteroatoms. The molecule has 0 amide bonds. The largest absolute Gasteiger partial charge is 0.299 e. The summed E-state index contributed by atoms with van der Waals surface area (Å²) in [6, 6.07) is 1.79. The Labute approximate surface area is 84.7 Å². The molecule has 1 fully saturated rings. The van der Waals surface area contributed by atoms with E-state index in [9.17, 15) is 13.6 Å². The van der Waals surface area contributed by atoms with E-state index in [0.717, 1.165) is 12.1 Å². The molecule has 1 unspecified atom stereocenters. The molecule has 0 bridgehead atoms. The minimum atomic E-state index is -0.729. The molecule has 2 rings (SSSR count). The summed E-state index contributed by atoms with van der Waals surface area (Å²) in [6.07, 6.45) is 1.05.